The number of piperidine rings is 2. The second-order valence-corrected chi connectivity index (χ2v) is 8.11. The molecule has 1 saturated carbocycles. The van der Waals surface area contributed by atoms with Gasteiger partial charge in [-0.15, -0.1) is 0 Å². The van der Waals surface area contributed by atoms with Crippen molar-refractivity contribution in [2.24, 2.45) is 11.8 Å². The summed E-state index contributed by atoms with van der Waals surface area (Å²) in [6.07, 6.45) is 2.07. The average molecular weight is 385 g/mol. The topological polar surface area (TPSA) is 95.6 Å². The van der Waals surface area contributed by atoms with E-state index in [0.29, 0.717) is 5.56 Å². The normalized spacial score (nSPS) is 32.0. The number of nitrogens with zero attached hydrogens (tertiary/aromatic N) is 1. The van der Waals surface area contributed by atoms with E-state index in [1.165, 1.54) is 12.1 Å². The molecule has 7 nitrogen and oxygen atoms in total. The van der Waals surface area contributed by atoms with Crippen LogP contribution in [0.1, 0.15) is 57.9 Å². The minimum Gasteiger partial charge on any atom is -0.316 e. The molecule has 1 aliphatic carbocycles. The summed E-state index contributed by atoms with van der Waals surface area (Å²) in [6, 6.07) is 1.56. The van der Waals surface area contributed by atoms with Gasteiger partial charge in [0.2, 0.25) is 11.8 Å². The van der Waals surface area contributed by atoms with Crippen LogP contribution in [0.5, 0.6) is 0 Å². The first-order chi connectivity index (χ1) is 13.5. The van der Waals surface area contributed by atoms with Gasteiger partial charge in [-0.3, -0.25) is 29.4 Å². The number of hydrogen-bond donors (Lipinski definition) is 2. The molecular formula is C20H20FN3O4. The van der Waals surface area contributed by atoms with Gasteiger partial charge in [0.05, 0.1) is 11.1 Å². The first-order valence-corrected chi connectivity index (χ1v) is 9.72. The van der Waals surface area contributed by atoms with Crippen LogP contribution < -0.4 is 10.6 Å². The van der Waals surface area contributed by atoms with Crippen molar-refractivity contribution in [1.82, 2.24) is 15.5 Å². The minimum absolute atomic E-state index is 0.0590. The van der Waals surface area contributed by atoms with Crippen LogP contribution in [0.25, 0.3) is 0 Å². The molecule has 1 unspecified atom stereocenters. The highest BCUT2D eigenvalue weighted by Gasteiger charge is 2.49. The Bertz CT molecular complexity index is 914. The highest BCUT2D eigenvalue weighted by atomic mass is 19.1. The predicted molar refractivity (Wildman–Crippen MR) is 94.9 cm³/mol. The summed E-state index contributed by atoms with van der Waals surface area (Å²) in [7, 11) is 0. The Morgan fingerprint density at radius 3 is 2.36 bits per heavy atom. The summed E-state index contributed by atoms with van der Waals surface area (Å²) < 4.78 is 15.0. The van der Waals surface area contributed by atoms with Gasteiger partial charge in [0.1, 0.15) is 11.9 Å². The lowest BCUT2D eigenvalue weighted by Crippen LogP contribution is -2.54. The zero-order chi connectivity index (χ0) is 19.6. The Labute approximate surface area is 160 Å². The van der Waals surface area contributed by atoms with Crippen molar-refractivity contribution >= 4 is 23.6 Å². The molecule has 2 saturated heterocycles. The Kier molecular flexibility index (Phi) is 3.87. The van der Waals surface area contributed by atoms with E-state index in [4.69, 9.17) is 0 Å². The molecule has 4 amide bonds. The smallest absolute Gasteiger partial charge is 0.262 e. The molecule has 8 heteroatoms. The number of fused-ring (bicyclic) bond motifs is 3. The van der Waals surface area contributed by atoms with Gasteiger partial charge in [0, 0.05) is 12.0 Å². The molecule has 3 heterocycles. The Balaban J connectivity index is 1.58. The molecule has 4 atom stereocenters. The summed E-state index contributed by atoms with van der Waals surface area (Å²) in [4.78, 5) is 50.8. The summed E-state index contributed by atoms with van der Waals surface area (Å²) in [5.74, 6) is -2.40. The molecule has 4 aliphatic rings. The Morgan fingerprint density at radius 1 is 0.964 bits per heavy atom. The molecule has 5 rings (SSSR count). The maximum Gasteiger partial charge on any atom is 0.262 e. The maximum atomic E-state index is 15.0. The van der Waals surface area contributed by atoms with Crippen LogP contribution in [0.3, 0.4) is 0 Å². The molecule has 3 fully saturated rings. The summed E-state index contributed by atoms with van der Waals surface area (Å²) >= 11 is 0. The highest BCUT2D eigenvalue weighted by molar-refractivity contribution is 6.24. The number of nitrogens with one attached hydrogen (secondary N) is 2. The average Bonchev–Trinajstić information content (AvgIpc) is 3.04. The van der Waals surface area contributed by atoms with Crippen LogP contribution in [-0.2, 0) is 9.59 Å². The van der Waals surface area contributed by atoms with Crippen molar-refractivity contribution < 1.29 is 23.6 Å². The lowest BCUT2D eigenvalue weighted by molar-refractivity contribution is -0.136. The molecule has 2 N–H and O–H groups in total. The predicted octanol–water partition coefficient (Wildman–Crippen LogP) is 0.940. The third kappa shape index (κ3) is 2.37. The van der Waals surface area contributed by atoms with E-state index < -0.39 is 35.5 Å². The molecule has 0 spiro atoms. The molecule has 146 valence electrons. The van der Waals surface area contributed by atoms with Crippen LogP contribution in [-0.4, -0.2) is 47.7 Å². The monoisotopic (exact) mass is 385 g/mol. The van der Waals surface area contributed by atoms with Gasteiger partial charge in [0.25, 0.3) is 11.8 Å². The van der Waals surface area contributed by atoms with E-state index in [0.717, 1.165) is 30.8 Å². The third-order valence-corrected chi connectivity index (χ3v) is 6.67. The molecule has 1 aromatic rings. The number of carbonyl (C=O) groups is 4. The van der Waals surface area contributed by atoms with E-state index in [1.54, 1.807) is 0 Å². The maximum absolute atomic E-state index is 15.0. The minimum atomic E-state index is -1.04. The first kappa shape index (κ1) is 17.5. The largest absolute Gasteiger partial charge is 0.316 e. The fourth-order valence-electron chi connectivity index (χ4n) is 5.44. The van der Waals surface area contributed by atoms with Crippen LogP contribution in [0.2, 0.25) is 0 Å². The molecule has 2 bridgehead atoms. The number of carbonyl (C=O) groups excluding carboxylic acids is 4. The van der Waals surface area contributed by atoms with Crippen LogP contribution in [0.4, 0.5) is 4.39 Å². The standard InChI is InChI=1S/C20H20FN3O4/c21-12-4-3-11-16(17(12)15-9-1-2-10(15)8-22-7-9)20(28)24(19(11)27)13-5-6-14(25)23-18(13)26/h3-4,9-10,13,15,22H,1-2,5-8H2,(H,23,25,26)/t9-,10+,13?,15-. The van der Waals surface area contributed by atoms with E-state index in [2.05, 4.69) is 10.6 Å². The Hall–Kier alpha value is -2.61. The second kappa shape index (κ2) is 6.20. The number of hydrogen-bond acceptors (Lipinski definition) is 5. The number of rotatable bonds is 2. The molecule has 3 aliphatic heterocycles. The quantitative estimate of drug-likeness (QED) is 0.739. The van der Waals surface area contributed by atoms with E-state index >= 15 is 0 Å². The third-order valence-electron chi connectivity index (χ3n) is 6.67. The van der Waals surface area contributed by atoms with Crippen molar-refractivity contribution in [2.75, 3.05) is 13.1 Å². The van der Waals surface area contributed by atoms with Gasteiger partial charge in [-0.2, -0.15) is 0 Å². The van der Waals surface area contributed by atoms with E-state index in [9.17, 15) is 23.6 Å². The van der Waals surface area contributed by atoms with Crippen LogP contribution in [0.15, 0.2) is 12.1 Å². The van der Waals surface area contributed by atoms with E-state index in [-0.39, 0.29) is 41.7 Å². The van der Waals surface area contributed by atoms with Crippen LogP contribution >= 0.6 is 0 Å². The summed E-state index contributed by atoms with van der Waals surface area (Å²) in [6.45, 7) is 1.53. The van der Waals surface area contributed by atoms with Crippen molar-refractivity contribution in [3.8, 4) is 0 Å². The van der Waals surface area contributed by atoms with E-state index in [1.807, 2.05) is 0 Å². The fraction of sp³-hybridized carbons (Fsp3) is 0.500. The zero-order valence-corrected chi connectivity index (χ0v) is 15.2. The lowest BCUT2D eigenvalue weighted by atomic mass is 9.78. The summed E-state index contributed by atoms with van der Waals surface area (Å²) in [5, 5.41) is 5.54. The number of imide groups is 2. The zero-order valence-electron chi connectivity index (χ0n) is 15.2. The number of halogens is 1. The van der Waals surface area contributed by atoms with Crippen molar-refractivity contribution in [3.05, 3.63) is 34.6 Å². The first-order valence-electron chi connectivity index (χ1n) is 9.72. The van der Waals surface area contributed by atoms with Gasteiger partial charge in [-0.25, -0.2) is 4.39 Å². The molecule has 0 aromatic heterocycles. The summed E-state index contributed by atoms with van der Waals surface area (Å²) in [5.41, 5.74) is 0.599. The van der Waals surface area contributed by atoms with Gasteiger partial charge < -0.3 is 5.32 Å². The fourth-order valence-corrected chi connectivity index (χ4v) is 5.44. The van der Waals surface area contributed by atoms with Gasteiger partial charge in [0.15, 0.2) is 0 Å². The van der Waals surface area contributed by atoms with Gasteiger partial charge in [-0.05, 0) is 62.2 Å². The number of amides is 4. The molecule has 28 heavy (non-hydrogen) atoms. The molecular weight excluding hydrogens is 365 g/mol. The SMILES string of the molecule is O=C1CCC(N2C(=O)c3ccc(F)c([C@@H]4[C@@H]5CC[C@H]4CNC5)c3C2=O)C(=O)N1. The highest BCUT2D eigenvalue weighted by Crippen LogP contribution is 2.49. The van der Waals surface area contributed by atoms with Gasteiger partial charge in [-0.1, -0.05) is 0 Å². The van der Waals surface area contributed by atoms with Crippen molar-refractivity contribution in [3.63, 3.8) is 0 Å². The second-order valence-electron chi connectivity index (χ2n) is 8.11. The van der Waals surface area contributed by atoms with Crippen molar-refractivity contribution in [2.45, 2.75) is 37.6 Å². The van der Waals surface area contributed by atoms with Gasteiger partial charge >= 0.3 is 0 Å². The molecule has 1 aromatic carbocycles. The molecule has 0 radical (unpaired) electrons. The van der Waals surface area contributed by atoms with Crippen LogP contribution in [0, 0.1) is 17.7 Å². The lowest BCUT2D eigenvalue weighted by Gasteiger charge is -2.32. The Morgan fingerprint density at radius 2 is 1.68 bits per heavy atom. The van der Waals surface area contributed by atoms with Crippen molar-refractivity contribution in [1.29, 1.82) is 0 Å². The number of benzene rings is 1.